The minimum atomic E-state index is 0.227. The van der Waals surface area contributed by atoms with Gasteiger partial charge >= 0.3 is 0 Å². The fourth-order valence-electron chi connectivity index (χ4n) is 2.59. The van der Waals surface area contributed by atoms with E-state index in [2.05, 4.69) is 25.1 Å². The molecule has 3 heteroatoms. The summed E-state index contributed by atoms with van der Waals surface area (Å²) in [5.41, 5.74) is 9.69. The molecule has 0 saturated heterocycles. The summed E-state index contributed by atoms with van der Waals surface area (Å²) >= 11 is 6.07. The van der Waals surface area contributed by atoms with Crippen molar-refractivity contribution in [3.8, 4) is 5.75 Å². The first-order valence-corrected chi connectivity index (χ1v) is 7.67. The second-order valence-corrected chi connectivity index (χ2v) is 5.63. The van der Waals surface area contributed by atoms with Crippen molar-refractivity contribution < 1.29 is 4.74 Å². The molecule has 2 N–H and O–H groups in total. The van der Waals surface area contributed by atoms with Gasteiger partial charge in [0.2, 0.25) is 0 Å². The van der Waals surface area contributed by atoms with Gasteiger partial charge in [0.25, 0.3) is 0 Å². The monoisotopic (exact) mass is 303 g/mol. The van der Waals surface area contributed by atoms with Gasteiger partial charge in [0.05, 0.1) is 7.11 Å². The molecule has 1 unspecified atom stereocenters. The molecule has 2 rings (SSSR count). The quantitative estimate of drug-likeness (QED) is 0.868. The van der Waals surface area contributed by atoms with E-state index in [1.807, 2.05) is 24.3 Å². The summed E-state index contributed by atoms with van der Waals surface area (Å²) in [6, 6.07) is 14.3. The lowest BCUT2D eigenvalue weighted by Gasteiger charge is -2.19. The molecule has 2 nitrogen and oxygen atoms in total. The molecule has 112 valence electrons. The molecule has 0 bridgehead atoms. The minimum absolute atomic E-state index is 0.227. The van der Waals surface area contributed by atoms with Crippen molar-refractivity contribution in [3.63, 3.8) is 0 Å². The molecule has 0 amide bonds. The summed E-state index contributed by atoms with van der Waals surface area (Å²) in [5.74, 6) is 1.13. The highest BCUT2D eigenvalue weighted by atomic mass is 35.5. The Morgan fingerprint density at radius 2 is 1.95 bits per heavy atom. The zero-order valence-corrected chi connectivity index (χ0v) is 13.4. The third-order valence-corrected chi connectivity index (χ3v) is 4.03. The Labute approximate surface area is 131 Å². The number of aryl methyl sites for hydroxylation is 1. The molecular weight excluding hydrogens is 282 g/mol. The Morgan fingerprint density at radius 3 is 2.57 bits per heavy atom. The third kappa shape index (κ3) is 3.99. The number of ether oxygens (including phenoxy) is 1. The van der Waals surface area contributed by atoms with Gasteiger partial charge in [-0.05, 0) is 54.3 Å². The molecule has 2 aromatic carbocycles. The summed E-state index contributed by atoms with van der Waals surface area (Å²) in [7, 11) is 1.71. The third-order valence-electron chi connectivity index (χ3n) is 3.80. The number of halogens is 1. The van der Waals surface area contributed by atoms with Gasteiger partial charge in [-0.3, -0.25) is 0 Å². The first-order chi connectivity index (χ1) is 10.2. The highest BCUT2D eigenvalue weighted by Crippen LogP contribution is 2.30. The van der Waals surface area contributed by atoms with Crippen LogP contribution < -0.4 is 10.5 Å². The Bertz CT molecular complexity index is 598. The van der Waals surface area contributed by atoms with Crippen LogP contribution in [0.4, 0.5) is 0 Å². The normalized spacial score (nSPS) is 12.2. The van der Waals surface area contributed by atoms with Crippen molar-refractivity contribution in [3.05, 3.63) is 64.2 Å². The second kappa shape index (κ2) is 7.48. The molecule has 0 fully saturated rings. The minimum Gasteiger partial charge on any atom is -0.496 e. The van der Waals surface area contributed by atoms with Crippen LogP contribution in [0, 0.1) is 0 Å². The van der Waals surface area contributed by atoms with Crippen LogP contribution in [0.5, 0.6) is 5.75 Å². The maximum absolute atomic E-state index is 6.07. The van der Waals surface area contributed by atoms with Crippen molar-refractivity contribution in [2.75, 3.05) is 13.7 Å². The van der Waals surface area contributed by atoms with Crippen LogP contribution >= 0.6 is 11.6 Å². The SMILES string of the molecule is CCc1ccc(OC)c(C(CN)Cc2cccc(Cl)c2)c1. The molecule has 0 aliphatic carbocycles. The van der Waals surface area contributed by atoms with E-state index < -0.39 is 0 Å². The highest BCUT2D eigenvalue weighted by Gasteiger charge is 2.16. The van der Waals surface area contributed by atoms with E-state index >= 15 is 0 Å². The van der Waals surface area contributed by atoms with Crippen molar-refractivity contribution in [2.24, 2.45) is 5.73 Å². The maximum atomic E-state index is 6.07. The number of rotatable bonds is 6. The van der Waals surface area contributed by atoms with E-state index in [0.29, 0.717) is 6.54 Å². The summed E-state index contributed by atoms with van der Waals surface area (Å²) in [5, 5.41) is 0.762. The maximum Gasteiger partial charge on any atom is 0.122 e. The largest absolute Gasteiger partial charge is 0.496 e. The van der Waals surface area contributed by atoms with E-state index in [4.69, 9.17) is 22.1 Å². The molecule has 0 aliphatic heterocycles. The molecule has 0 heterocycles. The molecule has 0 aromatic heterocycles. The molecule has 2 aromatic rings. The van der Waals surface area contributed by atoms with E-state index in [1.54, 1.807) is 7.11 Å². The zero-order chi connectivity index (χ0) is 15.2. The van der Waals surface area contributed by atoms with Gasteiger partial charge in [-0.15, -0.1) is 0 Å². The number of methoxy groups -OCH3 is 1. The standard InChI is InChI=1S/C18H22ClNO/c1-3-13-7-8-18(21-2)17(11-13)15(12-20)9-14-5-4-6-16(19)10-14/h4-8,10-11,15H,3,9,12,20H2,1-2H3. The smallest absolute Gasteiger partial charge is 0.122 e. The topological polar surface area (TPSA) is 35.2 Å². The number of hydrogen-bond donors (Lipinski definition) is 1. The molecule has 0 aliphatic rings. The van der Waals surface area contributed by atoms with Crippen LogP contribution in [0.3, 0.4) is 0 Å². The van der Waals surface area contributed by atoms with E-state index in [-0.39, 0.29) is 5.92 Å². The van der Waals surface area contributed by atoms with Crippen molar-refractivity contribution in [2.45, 2.75) is 25.7 Å². The van der Waals surface area contributed by atoms with Crippen molar-refractivity contribution in [1.29, 1.82) is 0 Å². The average Bonchev–Trinajstić information content (AvgIpc) is 2.52. The predicted octanol–water partition coefficient (Wildman–Crippen LogP) is 4.20. The van der Waals surface area contributed by atoms with Crippen molar-refractivity contribution >= 4 is 11.6 Å². The Kier molecular flexibility index (Phi) is 5.66. The van der Waals surface area contributed by atoms with Gasteiger partial charge in [0.1, 0.15) is 5.75 Å². The summed E-state index contributed by atoms with van der Waals surface area (Å²) in [6.07, 6.45) is 1.87. The lowest BCUT2D eigenvalue weighted by molar-refractivity contribution is 0.405. The molecule has 0 saturated carbocycles. The summed E-state index contributed by atoms with van der Waals surface area (Å²) in [6.45, 7) is 2.73. The van der Waals surface area contributed by atoms with E-state index in [9.17, 15) is 0 Å². The van der Waals surface area contributed by atoms with Gasteiger partial charge in [-0.25, -0.2) is 0 Å². The van der Waals surface area contributed by atoms with Crippen molar-refractivity contribution in [1.82, 2.24) is 0 Å². The van der Waals surface area contributed by atoms with E-state index in [1.165, 1.54) is 16.7 Å². The predicted molar refractivity (Wildman–Crippen MR) is 89.3 cm³/mol. The number of nitrogens with two attached hydrogens (primary N) is 1. The lowest BCUT2D eigenvalue weighted by Crippen LogP contribution is -2.16. The summed E-state index contributed by atoms with van der Waals surface area (Å²) < 4.78 is 5.51. The van der Waals surface area contributed by atoms with Gasteiger partial charge < -0.3 is 10.5 Å². The van der Waals surface area contributed by atoms with Gasteiger partial charge in [0, 0.05) is 10.9 Å². The second-order valence-electron chi connectivity index (χ2n) is 5.20. The van der Waals surface area contributed by atoms with Crippen LogP contribution in [0.25, 0.3) is 0 Å². The van der Waals surface area contributed by atoms with Crippen LogP contribution in [0.1, 0.15) is 29.5 Å². The Balaban J connectivity index is 2.32. The van der Waals surface area contributed by atoms with Crippen LogP contribution in [-0.4, -0.2) is 13.7 Å². The first kappa shape index (κ1) is 15.9. The average molecular weight is 304 g/mol. The fourth-order valence-corrected chi connectivity index (χ4v) is 2.80. The molecule has 0 radical (unpaired) electrons. The van der Waals surface area contributed by atoms with E-state index in [0.717, 1.165) is 23.6 Å². The fraction of sp³-hybridized carbons (Fsp3) is 0.333. The van der Waals surface area contributed by atoms with Crippen LogP contribution in [0.15, 0.2) is 42.5 Å². The summed E-state index contributed by atoms with van der Waals surface area (Å²) in [4.78, 5) is 0. The van der Waals surface area contributed by atoms with Crippen LogP contribution in [0.2, 0.25) is 5.02 Å². The van der Waals surface area contributed by atoms with Gasteiger partial charge in [0.15, 0.2) is 0 Å². The molecule has 1 atom stereocenters. The highest BCUT2D eigenvalue weighted by molar-refractivity contribution is 6.30. The van der Waals surface area contributed by atoms with Gasteiger partial charge in [-0.2, -0.15) is 0 Å². The number of hydrogen-bond acceptors (Lipinski definition) is 2. The molecule has 0 spiro atoms. The molecule has 21 heavy (non-hydrogen) atoms. The lowest BCUT2D eigenvalue weighted by atomic mass is 9.90. The molecular formula is C18H22ClNO. The first-order valence-electron chi connectivity index (χ1n) is 7.29. The number of benzene rings is 2. The van der Waals surface area contributed by atoms with Crippen LogP contribution in [-0.2, 0) is 12.8 Å². The zero-order valence-electron chi connectivity index (χ0n) is 12.6. The van der Waals surface area contributed by atoms with Gasteiger partial charge in [-0.1, -0.05) is 42.8 Å². The Morgan fingerprint density at radius 1 is 1.14 bits per heavy atom. The Hall–Kier alpha value is -1.51.